The van der Waals surface area contributed by atoms with Crippen LogP contribution in [0.4, 0.5) is 0 Å². The summed E-state index contributed by atoms with van der Waals surface area (Å²) in [4.78, 5) is 0. The molecule has 1 aliphatic rings. The quantitative estimate of drug-likeness (QED) is 0.833. The van der Waals surface area contributed by atoms with Gasteiger partial charge in [0.25, 0.3) is 0 Å². The zero-order valence-electron chi connectivity index (χ0n) is 12.4. The zero-order chi connectivity index (χ0) is 14.0. The summed E-state index contributed by atoms with van der Waals surface area (Å²) < 4.78 is 0. The first kappa shape index (κ1) is 13.6. The third-order valence-corrected chi connectivity index (χ3v) is 5.02. The van der Waals surface area contributed by atoms with Crippen LogP contribution in [0.2, 0.25) is 0 Å². The minimum absolute atomic E-state index is 0.120. The second-order valence-corrected chi connectivity index (χ2v) is 6.41. The molecule has 0 unspecified atom stereocenters. The second kappa shape index (κ2) is 5.57. The van der Waals surface area contributed by atoms with Gasteiger partial charge in [0.15, 0.2) is 0 Å². The number of fused-ring (bicyclic) bond motifs is 1. The molecular formula is C19H25N. The molecule has 1 fully saturated rings. The lowest BCUT2D eigenvalue weighted by atomic mass is 9.71. The van der Waals surface area contributed by atoms with Gasteiger partial charge >= 0.3 is 0 Å². The molecule has 1 nitrogen and oxygen atoms in total. The second-order valence-electron chi connectivity index (χ2n) is 6.41. The van der Waals surface area contributed by atoms with Crippen LogP contribution in [0.25, 0.3) is 10.8 Å². The van der Waals surface area contributed by atoms with E-state index < -0.39 is 0 Å². The van der Waals surface area contributed by atoms with Crippen molar-refractivity contribution in [2.75, 3.05) is 0 Å². The fourth-order valence-corrected chi connectivity index (χ4v) is 3.82. The van der Waals surface area contributed by atoms with Gasteiger partial charge in [-0.2, -0.15) is 0 Å². The molecule has 0 aromatic heterocycles. The number of benzene rings is 2. The summed E-state index contributed by atoms with van der Waals surface area (Å²) in [5.74, 6) is 0.895. The number of rotatable bonds is 3. The summed E-state index contributed by atoms with van der Waals surface area (Å²) in [6.45, 7) is 2.29. The van der Waals surface area contributed by atoms with Gasteiger partial charge in [0.05, 0.1) is 0 Å². The number of hydrogen-bond donors (Lipinski definition) is 1. The summed E-state index contributed by atoms with van der Waals surface area (Å²) in [5.41, 5.74) is 8.04. The van der Waals surface area contributed by atoms with Gasteiger partial charge in [0.2, 0.25) is 0 Å². The van der Waals surface area contributed by atoms with Gasteiger partial charge in [-0.1, -0.05) is 62.2 Å². The van der Waals surface area contributed by atoms with Crippen LogP contribution in [0.15, 0.2) is 42.5 Å². The summed E-state index contributed by atoms with van der Waals surface area (Å²) in [6, 6.07) is 15.2. The molecule has 2 N–H and O–H groups in total. The maximum absolute atomic E-state index is 6.80. The van der Waals surface area contributed by atoms with Crippen molar-refractivity contribution < 1.29 is 0 Å². The van der Waals surface area contributed by atoms with Crippen molar-refractivity contribution in [1.82, 2.24) is 0 Å². The van der Waals surface area contributed by atoms with Crippen LogP contribution in [0.5, 0.6) is 0 Å². The third kappa shape index (κ3) is 2.47. The van der Waals surface area contributed by atoms with E-state index >= 15 is 0 Å². The van der Waals surface area contributed by atoms with Crippen LogP contribution in [-0.4, -0.2) is 0 Å². The average molecular weight is 267 g/mol. The highest BCUT2D eigenvalue weighted by atomic mass is 14.7. The van der Waals surface area contributed by atoms with Gasteiger partial charge in [0, 0.05) is 5.54 Å². The monoisotopic (exact) mass is 267 g/mol. The summed E-state index contributed by atoms with van der Waals surface area (Å²) in [7, 11) is 0. The van der Waals surface area contributed by atoms with E-state index in [9.17, 15) is 0 Å². The molecule has 0 saturated heterocycles. The van der Waals surface area contributed by atoms with Crippen molar-refractivity contribution in [2.45, 2.75) is 51.0 Å². The van der Waals surface area contributed by atoms with E-state index in [1.165, 1.54) is 42.0 Å². The van der Waals surface area contributed by atoms with Crippen LogP contribution < -0.4 is 5.73 Å². The lowest BCUT2D eigenvalue weighted by molar-refractivity contribution is 0.227. The molecule has 0 aliphatic heterocycles. The molecule has 0 atom stereocenters. The molecule has 3 rings (SSSR count). The standard InChI is InChI=1S/C19H25N/c1-2-6-15-11-13-19(20,14-12-15)18-10-5-8-16-7-3-4-9-17(16)18/h3-5,7-10,15H,2,6,11-14,20H2,1H3. The molecule has 0 bridgehead atoms. The van der Waals surface area contributed by atoms with E-state index in [1.54, 1.807) is 0 Å². The third-order valence-electron chi connectivity index (χ3n) is 5.02. The molecule has 2 aromatic rings. The van der Waals surface area contributed by atoms with E-state index in [0.717, 1.165) is 18.8 Å². The normalized spacial score (nSPS) is 26.8. The van der Waals surface area contributed by atoms with E-state index in [2.05, 4.69) is 49.4 Å². The lowest BCUT2D eigenvalue weighted by Crippen LogP contribution is -2.40. The Morgan fingerprint density at radius 3 is 2.50 bits per heavy atom. The Morgan fingerprint density at radius 2 is 1.75 bits per heavy atom. The Bertz CT molecular complexity index is 574. The van der Waals surface area contributed by atoms with Crippen LogP contribution >= 0.6 is 0 Å². The molecule has 20 heavy (non-hydrogen) atoms. The van der Waals surface area contributed by atoms with Crippen molar-refractivity contribution in [3.63, 3.8) is 0 Å². The number of nitrogens with two attached hydrogens (primary N) is 1. The highest BCUT2D eigenvalue weighted by Gasteiger charge is 2.33. The lowest BCUT2D eigenvalue weighted by Gasteiger charge is -2.38. The SMILES string of the molecule is CCCC1CCC(N)(c2cccc3ccccc23)CC1. The predicted octanol–water partition coefficient (Wildman–Crippen LogP) is 4.98. The topological polar surface area (TPSA) is 26.0 Å². The van der Waals surface area contributed by atoms with Crippen LogP contribution in [0.3, 0.4) is 0 Å². The van der Waals surface area contributed by atoms with Crippen LogP contribution in [0.1, 0.15) is 51.0 Å². The maximum Gasteiger partial charge on any atom is 0.0416 e. The van der Waals surface area contributed by atoms with Crippen molar-refractivity contribution in [2.24, 2.45) is 11.7 Å². The molecule has 0 amide bonds. The fraction of sp³-hybridized carbons (Fsp3) is 0.474. The zero-order valence-corrected chi connectivity index (χ0v) is 12.4. The summed E-state index contributed by atoms with van der Waals surface area (Å²) in [5, 5.41) is 2.65. The first-order valence-electron chi connectivity index (χ1n) is 8.00. The first-order valence-corrected chi connectivity index (χ1v) is 8.00. The highest BCUT2D eigenvalue weighted by molar-refractivity contribution is 5.86. The van der Waals surface area contributed by atoms with Gasteiger partial charge in [-0.25, -0.2) is 0 Å². The molecule has 0 heterocycles. The Balaban J connectivity index is 1.91. The molecule has 0 spiro atoms. The molecule has 106 valence electrons. The molecule has 1 aliphatic carbocycles. The van der Waals surface area contributed by atoms with Crippen molar-refractivity contribution in [3.8, 4) is 0 Å². The van der Waals surface area contributed by atoms with Gasteiger partial charge in [0.1, 0.15) is 0 Å². The predicted molar refractivity (Wildman–Crippen MR) is 86.7 cm³/mol. The molecule has 0 radical (unpaired) electrons. The highest BCUT2D eigenvalue weighted by Crippen LogP contribution is 2.41. The van der Waals surface area contributed by atoms with E-state index in [-0.39, 0.29) is 5.54 Å². The Hall–Kier alpha value is -1.34. The average Bonchev–Trinajstić information content (AvgIpc) is 2.49. The molecule has 1 saturated carbocycles. The Morgan fingerprint density at radius 1 is 1.05 bits per heavy atom. The number of hydrogen-bond acceptors (Lipinski definition) is 1. The van der Waals surface area contributed by atoms with E-state index in [4.69, 9.17) is 5.73 Å². The molecular weight excluding hydrogens is 242 g/mol. The van der Waals surface area contributed by atoms with E-state index in [1.807, 2.05) is 0 Å². The van der Waals surface area contributed by atoms with Crippen molar-refractivity contribution in [3.05, 3.63) is 48.0 Å². The fourth-order valence-electron chi connectivity index (χ4n) is 3.82. The maximum atomic E-state index is 6.80. The van der Waals surface area contributed by atoms with Gasteiger partial charge in [-0.15, -0.1) is 0 Å². The Kier molecular flexibility index (Phi) is 3.80. The van der Waals surface area contributed by atoms with Crippen molar-refractivity contribution >= 4 is 10.8 Å². The smallest absolute Gasteiger partial charge is 0.0416 e. The summed E-state index contributed by atoms with van der Waals surface area (Å²) in [6.07, 6.45) is 7.50. The minimum atomic E-state index is -0.120. The van der Waals surface area contributed by atoms with Crippen LogP contribution in [-0.2, 0) is 5.54 Å². The van der Waals surface area contributed by atoms with Crippen molar-refractivity contribution in [1.29, 1.82) is 0 Å². The molecule has 2 aromatic carbocycles. The largest absolute Gasteiger partial charge is 0.321 e. The van der Waals surface area contributed by atoms with E-state index in [0.29, 0.717) is 0 Å². The Labute approximate surface area is 122 Å². The van der Waals surface area contributed by atoms with Crippen LogP contribution in [0, 0.1) is 5.92 Å². The minimum Gasteiger partial charge on any atom is -0.321 e. The van der Waals surface area contributed by atoms with Gasteiger partial charge < -0.3 is 5.73 Å². The first-order chi connectivity index (χ1) is 9.73. The molecule has 1 heteroatoms. The van der Waals surface area contributed by atoms with Gasteiger partial charge in [-0.05, 0) is 47.9 Å². The summed E-state index contributed by atoms with van der Waals surface area (Å²) >= 11 is 0. The van der Waals surface area contributed by atoms with Gasteiger partial charge in [-0.3, -0.25) is 0 Å².